The van der Waals surface area contributed by atoms with Crippen molar-refractivity contribution in [3.05, 3.63) is 42.0 Å². The number of rotatable bonds is 4. The van der Waals surface area contributed by atoms with E-state index in [1.807, 2.05) is 19.9 Å². The number of anilines is 1. The van der Waals surface area contributed by atoms with Gasteiger partial charge in [0.2, 0.25) is 5.13 Å². The molecule has 0 unspecified atom stereocenters. The Morgan fingerprint density at radius 2 is 2.19 bits per heavy atom. The van der Waals surface area contributed by atoms with Crippen LogP contribution in [0.3, 0.4) is 0 Å². The summed E-state index contributed by atoms with van der Waals surface area (Å²) >= 11 is 1.48. The molecule has 3 aromatic rings. The van der Waals surface area contributed by atoms with Gasteiger partial charge in [-0.05, 0) is 32.0 Å². The van der Waals surface area contributed by atoms with Crippen LogP contribution in [0.5, 0.6) is 0 Å². The van der Waals surface area contributed by atoms with Crippen LogP contribution in [-0.2, 0) is 0 Å². The van der Waals surface area contributed by atoms with Crippen molar-refractivity contribution in [2.45, 2.75) is 13.8 Å². The first-order chi connectivity index (χ1) is 10.2. The quantitative estimate of drug-likeness (QED) is 0.803. The Hall–Kier alpha value is -2.28. The molecule has 0 spiro atoms. The van der Waals surface area contributed by atoms with Crippen molar-refractivity contribution >= 4 is 16.5 Å². The number of hydrogen-bond donors (Lipinski definition) is 1. The van der Waals surface area contributed by atoms with Gasteiger partial charge in [0, 0.05) is 6.54 Å². The standard InChI is InChI=1S/C14H14FN5S/c1-3-16-14-19-18-13(21-14)12-8-17-20(9(12)2)11-6-4-5-10(15)7-11/h4-8H,3H2,1-2H3,(H,16,19). The van der Waals surface area contributed by atoms with Gasteiger partial charge in [-0.3, -0.25) is 0 Å². The maximum absolute atomic E-state index is 13.3. The van der Waals surface area contributed by atoms with Crippen molar-refractivity contribution in [3.63, 3.8) is 0 Å². The summed E-state index contributed by atoms with van der Waals surface area (Å²) in [6.45, 7) is 4.74. The van der Waals surface area contributed by atoms with Crippen LogP contribution in [0.15, 0.2) is 30.5 Å². The predicted molar refractivity (Wildman–Crippen MR) is 81.3 cm³/mol. The fraction of sp³-hybridized carbons (Fsp3) is 0.214. The molecule has 0 amide bonds. The average molecular weight is 303 g/mol. The van der Waals surface area contributed by atoms with Crippen molar-refractivity contribution in [2.24, 2.45) is 0 Å². The van der Waals surface area contributed by atoms with E-state index in [1.54, 1.807) is 16.9 Å². The molecule has 1 aromatic carbocycles. The van der Waals surface area contributed by atoms with Crippen molar-refractivity contribution in [3.8, 4) is 16.3 Å². The number of benzene rings is 1. The molecule has 0 saturated carbocycles. The molecule has 0 bridgehead atoms. The zero-order valence-corrected chi connectivity index (χ0v) is 12.5. The van der Waals surface area contributed by atoms with E-state index in [2.05, 4.69) is 20.6 Å². The summed E-state index contributed by atoms with van der Waals surface area (Å²) in [5, 5.41) is 17.3. The molecule has 108 valence electrons. The average Bonchev–Trinajstić information content (AvgIpc) is 3.06. The minimum Gasteiger partial charge on any atom is -0.360 e. The molecule has 0 fully saturated rings. The van der Waals surface area contributed by atoms with Gasteiger partial charge in [0.05, 0.1) is 23.1 Å². The van der Waals surface area contributed by atoms with Gasteiger partial charge in [-0.15, -0.1) is 10.2 Å². The Labute approximate surface area is 125 Å². The maximum Gasteiger partial charge on any atom is 0.205 e. The highest BCUT2D eigenvalue weighted by molar-refractivity contribution is 7.18. The molecular weight excluding hydrogens is 289 g/mol. The van der Waals surface area contributed by atoms with Gasteiger partial charge in [0.1, 0.15) is 5.82 Å². The van der Waals surface area contributed by atoms with Gasteiger partial charge in [-0.2, -0.15) is 5.10 Å². The lowest BCUT2D eigenvalue weighted by Crippen LogP contribution is -1.99. The summed E-state index contributed by atoms with van der Waals surface area (Å²) in [6, 6.07) is 6.35. The van der Waals surface area contributed by atoms with E-state index in [9.17, 15) is 4.39 Å². The minimum absolute atomic E-state index is 0.283. The van der Waals surface area contributed by atoms with Crippen LogP contribution in [-0.4, -0.2) is 26.5 Å². The first-order valence-corrected chi connectivity index (χ1v) is 7.39. The largest absolute Gasteiger partial charge is 0.360 e. The van der Waals surface area contributed by atoms with E-state index >= 15 is 0 Å². The zero-order valence-electron chi connectivity index (χ0n) is 11.7. The molecule has 0 saturated heterocycles. The molecule has 2 heterocycles. The SMILES string of the molecule is CCNc1nnc(-c2cnn(-c3cccc(F)c3)c2C)s1. The van der Waals surface area contributed by atoms with Crippen LogP contribution in [0.2, 0.25) is 0 Å². The van der Waals surface area contributed by atoms with Crippen molar-refractivity contribution in [1.29, 1.82) is 0 Å². The predicted octanol–water partition coefficient (Wildman–Crippen LogP) is 3.27. The number of nitrogens with one attached hydrogen (secondary N) is 1. The summed E-state index contributed by atoms with van der Waals surface area (Å²) in [7, 11) is 0. The smallest absolute Gasteiger partial charge is 0.205 e. The molecule has 7 heteroatoms. The van der Waals surface area contributed by atoms with E-state index in [4.69, 9.17) is 0 Å². The van der Waals surface area contributed by atoms with Crippen molar-refractivity contribution < 1.29 is 4.39 Å². The first-order valence-electron chi connectivity index (χ1n) is 6.57. The van der Waals surface area contributed by atoms with Gasteiger partial charge in [0.15, 0.2) is 5.01 Å². The molecule has 5 nitrogen and oxygen atoms in total. The third-order valence-electron chi connectivity index (χ3n) is 3.05. The lowest BCUT2D eigenvalue weighted by Gasteiger charge is -2.04. The normalized spacial score (nSPS) is 10.8. The molecule has 0 aliphatic carbocycles. The van der Waals surface area contributed by atoms with Crippen LogP contribution >= 0.6 is 11.3 Å². The minimum atomic E-state index is -0.283. The summed E-state index contributed by atoms with van der Waals surface area (Å²) in [5.74, 6) is -0.283. The summed E-state index contributed by atoms with van der Waals surface area (Å²) in [5.41, 5.74) is 2.50. The number of halogens is 1. The molecule has 2 aromatic heterocycles. The second kappa shape index (κ2) is 5.61. The Bertz CT molecular complexity index is 764. The fourth-order valence-corrected chi connectivity index (χ4v) is 2.92. The van der Waals surface area contributed by atoms with E-state index in [0.717, 1.165) is 27.9 Å². The van der Waals surface area contributed by atoms with E-state index in [-0.39, 0.29) is 5.82 Å². The molecular formula is C14H14FN5S. The Morgan fingerprint density at radius 3 is 2.95 bits per heavy atom. The van der Waals surface area contributed by atoms with E-state index in [0.29, 0.717) is 5.69 Å². The van der Waals surface area contributed by atoms with Gasteiger partial charge < -0.3 is 5.32 Å². The lowest BCUT2D eigenvalue weighted by molar-refractivity contribution is 0.625. The number of hydrogen-bond acceptors (Lipinski definition) is 5. The number of nitrogens with zero attached hydrogens (tertiary/aromatic N) is 4. The Kier molecular flexibility index (Phi) is 3.66. The van der Waals surface area contributed by atoms with Crippen LogP contribution in [0, 0.1) is 12.7 Å². The van der Waals surface area contributed by atoms with Gasteiger partial charge >= 0.3 is 0 Å². The molecule has 0 radical (unpaired) electrons. The highest BCUT2D eigenvalue weighted by Crippen LogP contribution is 2.29. The Morgan fingerprint density at radius 1 is 1.33 bits per heavy atom. The van der Waals surface area contributed by atoms with E-state index in [1.165, 1.54) is 23.5 Å². The highest BCUT2D eigenvalue weighted by atomic mass is 32.1. The number of aromatic nitrogens is 4. The summed E-state index contributed by atoms with van der Waals surface area (Å²) in [4.78, 5) is 0. The van der Waals surface area contributed by atoms with Crippen LogP contribution in [0.4, 0.5) is 9.52 Å². The summed E-state index contributed by atoms with van der Waals surface area (Å²) < 4.78 is 15.0. The summed E-state index contributed by atoms with van der Waals surface area (Å²) in [6.07, 6.45) is 1.73. The third-order valence-corrected chi connectivity index (χ3v) is 3.96. The zero-order chi connectivity index (χ0) is 14.8. The van der Waals surface area contributed by atoms with Gasteiger partial charge in [-0.25, -0.2) is 9.07 Å². The van der Waals surface area contributed by atoms with Crippen LogP contribution < -0.4 is 5.32 Å². The second-order valence-electron chi connectivity index (χ2n) is 4.48. The van der Waals surface area contributed by atoms with E-state index < -0.39 is 0 Å². The lowest BCUT2D eigenvalue weighted by atomic mass is 10.2. The van der Waals surface area contributed by atoms with Crippen LogP contribution in [0.1, 0.15) is 12.6 Å². The van der Waals surface area contributed by atoms with Gasteiger partial charge in [0.25, 0.3) is 0 Å². The maximum atomic E-state index is 13.3. The fourth-order valence-electron chi connectivity index (χ4n) is 2.04. The molecule has 0 aliphatic rings. The first kappa shape index (κ1) is 13.7. The van der Waals surface area contributed by atoms with Crippen LogP contribution in [0.25, 0.3) is 16.3 Å². The topological polar surface area (TPSA) is 55.6 Å². The van der Waals surface area contributed by atoms with Crippen molar-refractivity contribution in [1.82, 2.24) is 20.0 Å². The molecule has 3 rings (SSSR count). The molecule has 0 aliphatic heterocycles. The Balaban J connectivity index is 1.98. The third kappa shape index (κ3) is 2.64. The molecule has 21 heavy (non-hydrogen) atoms. The van der Waals surface area contributed by atoms with Crippen molar-refractivity contribution in [2.75, 3.05) is 11.9 Å². The van der Waals surface area contributed by atoms with Gasteiger partial charge in [-0.1, -0.05) is 17.4 Å². The highest BCUT2D eigenvalue weighted by Gasteiger charge is 2.14. The second-order valence-corrected chi connectivity index (χ2v) is 5.46. The molecule has 0 atom stereocenters. The monoisotopic (exact) mass is 303 g/mol. The molecule has 1 N–H and O–H groups in total.